The van der Waals surface area contributed by atoms with Crippen LogP contribution in [-0.4, -0.2) is 35.0 Å². The Balaban J connectivity index is 2.63. The van der Waals surface area contributed by atoms with Crippen molar-refractivity contribution in [2.75, 3.05) is 13.1 Å². The highest BCUT2D eigenvalue weighted by Gasteiger charge is 2.45. The standard InChI is InChI=1S/C14H25NO3/c1-4-6-14(13(17)18)7-8-15(10-14)12(16)9-11(3)5-2/h11H,4-10H2,1-3H3,(H,17,18). The molecule has 1 aliphatic heterocycles. The normalized spacial score (nSPS) is 25.2. The van der Waals surface area contributed by atoms with Crippen molar-refractivity contribution in [3.05, 3.63) is 0 Å². The van der Waals surface area contributed by atoms with E-state index in [0.29, 0.717) is 38.3 Å². The fourth-order valence-corrected chi connectivity index (χ4v) is 2.62. The van der Waals surface area contributed by atoms with Gasteiger partial charge in [0.2, 0.25) is 5.91 Å². The van der Waals surface area contributed by atoms with Gasteiger partial charge in [0.25, 0.3) is 0 Å². The summed E-state index contributed by atoms with van der Waals surface area (Å²) in [5.41, 5.74) is -0.695. The molecule has 0 radical (unpaired) electrons. The lowest BCUT2D eigenvalue weighted by atomic mass is 9.83. The monoisotopic (exact) mass is 255 g/mol. The summed E-state index contributed by atoms with van der Waals surface area (Å²) in [7, 11) is 0. The van der Waals surface area contributed by atoms with E-state index in [1.165, 1.54) is 0 Å². The van der Waals surface area contributed by atoms with Gasteiger partial charge in [-0.25, -0.2) is 0 Å². The van der Waals surface area contributed by atoms with E-state index in [2.05, 4.69) is 13.8 Å². The third-order valence-corrected chi connectivity index (χ3v) is 4.11. The highest BCUT2D eigenvalue weighted by molar-refractivity contribution is 5.80. The molecular weight excluding hydrogens is 230 g/mol. The van der Waals surface area contributed by atoms with Gasteiger partial charge in [-0.3, -0.25) is 9.59 Å². The van der Waals surface area contributed by atoms with Crippen LogP contribution in [0.3, 0.4) is 0 Å². The number of carbonyl (C=O) groups is 2. The largest absolute Gasteiger partial charge is 0.481 e. The van der Waals surface area contributed by atoms with Crippen LogP contribution in [0.15, 0.2) is 0 Å². The van der Waals surface area contributed by atoms with Crippen LogP contribution in [0.4, 0.5) is 0 Å². The van der Waals surface area contributed by atoms with Gasteiger partial charge in [0, 0.05) is 19.5 Å². The average molecular weight is 255 g/mol. The van der Waals surface area contributed by atoms with Gasteiger partial charge in [0.05, 0.1) is 5.41 Å². The van der Waals surface area contributed by atoms with E-state index >= 15 is 0 Å². The predicted octanol–water partition coefficient (Wildman–Crippen LogP) is 2.53. The molecule has 104 valence electrons. The number of hydrogen-bond acceptors (Lipinski definition) is 2. The van der Waals surface area contributed by atoms with Crippen LogP contribution in [0.1, 0.15) is 52.9 Å². The van der Waals surface area contributed by atoms with Crippen molar-refractivity contribution in [2.45, 2.75) is 52.9 Å². The van der Waals surface area contributed by atoms with Crippen LogP contribution >= 0.6 is 0 Å². The quantitative estimate of drug-likeness (QED) is 0.793. The predicted molar refractivity (Wildman–Crippen MR) is 70.2 cm³/mol. The Morgan fingerprint density at radius 1 is 1.39 bits per heavy atom. The molecule has 1 aliphatic rings. The third-order valence-electron chi connectivity index (χ3n) is 4.11. The van der Waals surface area contributed by atoms with Gasteiger partial charge in [-0.15, -0.1) is 0 Å². The SMILES string of the molecule is CCCC1(C(=O)O)CCN(C(=O)CC(C)CC)C1. The van der Waals surface area contributed by atoms with Gasteiger partial charge in [-0.2, -0.15) is 0 Å². The van der Waals surface area contributed by atoms with Gasteiger partial charge in [0.1, 0.15) is 0 Å². The summed E-state index contributed by atoms with van der Waals surface area (Å²) in [6.07, 6.45) is 3.63. The summed E-state index contributed by atoms with van der Waals surface area (Å²) < 4.78 is 0. The second-order valence-electron chi connectivity index (χ2n) is 5.62. The summed E-state index contributed by atoms with van der Waals surface area (Å²) in [5.74, 6) is -0.254. The summed E-state index contributed by atoms with van der Waals surface area (Å²) in [6.45, 7) is 7.12. The average Bonchev–Trinajstić information content (AvgIpc) is 2.75. The van der Waals surface area contributed by atoms with Crippen LogP contribution in [0.25, 0.3) is 0 Å². The van der Waals surface area contributed by atoms with Crippen molar-refractivity contribution in [3.63, 3.8) is 0 Å². The number of carboxylic acids is 1. The zero-order valence-corrected chi connectivity index (χ0v) is 11.7. The number of likely N-dealkylation sites (tertiary alicyclic amines) is 1. The van der Waals surface area contributed by atoms with Crippen LogP contribution < -0.4 is 0 Å². The number of amides is 1. The molecule has 4 heteroatoms. The van der Waals surface area contributed by atoms with Crippen molar-refractivity contribution >= 4 is 11.9 Å². The summed E-state index contributed by atoms with van der Waals surface area (Å²) >= 11 is 0. The topological polar surface area (TPSA) is 57.6 Å². The minimum absolute atomic E-state index is 0.114. The van der Waals surface area contributed by atoms with E-state index in [1.807, 2.05) is 6.92 Å². The van der Waals surface area contributed by atoms with Crippen molar-refractivity contribution < 1.29 is 14.7 Å². The Labute approximate surface area is 109 Å². The minimum Gasteiger partial charge on any atom is -0.481 e. The smallest absolute Gasteiger partial charge is 0.311 e. The lowest BCUT2D eigenvalue weighted by Gasteiger charge is -2.24. The minimum atomic E-state index is -0.747. The van der Waals surface area contributed by atoms with Gasteiger partial charge < -0.3 is 10.0 Å². The molecule has 0 spiro atoms. The van der Waals surface area contributed by atoms with E-state index in [-0.39, 0.29) is 5.91 Å². The fourth-order valence-electron chi connectivity index (χ4n) is 2.62. The highest BCUT2D eigenvalue weighted by Crippen LogP contribution is 2.36. The van der Waals surface area contributed by atoms with E-state index in [4.69, 9.17) is 0 Å². The zero-order chi connectivity index (χ0) is 13.8. The van der Waals surface area contributed by atoms with Crippen molar-refractivity contribution in [2.24, 2.45) is 11.3 Å². The maximum absolute atomic E-state index is 12.1. The van der Waals surface area contributed by atoms with Gasteiger partial charge in [-0.05, 0) is 18.8 Å². The van der Waals surface area contributed by atoms with E-state index in [1.54, 1.807) is 4.90 Å². The van der Waals surface area contributed by atoms with Crippen LogP contribution in [0, 0.1) is 11.3 Å². The Bertz CT molecular complexity index is 316. The molecular formula is C14H25NO3. The van der Waals surface area contributed by atoms with Crippen molar-refractivity contribution in [1.82, 2.24) is 4.90 Å². The number of carbonyl (C=O) groups excluding carboxylic acids is 1. The third kappa shape index (κ3) is 3.24. The van der Waals surface area contributed by atoms with Crippen LogP contribution in [0.2, 0.25) is 0 Å². The maximum Gasteiger partial charge on any atom is 0.311 e. The molecule has 1 N–H and O–H groups in total. The molecule has 18 heavy (non-hydrogen) atoms. The molecule has 0 saturated carbocycles. The first-order valence-corrected chi connectivity index (χ1v) is 6.96. The molecule has 1 rings (SSSR count). The lowest BCUT2D eigenvalue weighted by molar-refractivity contribution is -0.149. The summed E-state index contributed by atoms with van der Waals surface area (Å²) in [4.78, 5) is 25.2. The van der Waals surface area contributed by atoms with E-state index in [9.17, 15) is 14.7 Å². The fraction of sp³-hybridized carbons (Fsp3) is 0.857. The molecule has 0 aliphatic carbocycles. The second kappa shape index (κ2) is 6.21. The molecule has 0 aromatic carbocycles. The molecule has 0 aromatic rings. The van der Waals surface area contributed by atoms with Crippen LogP contribution in [-0.2, 0) is 9.59 Å². The molecule has 4 nitrogen and oxygen atoms in total. The highest BCUT2D eigenvalue weighted by atomic mass is 16.4. The molecule has 0 aromatic heterocycles. The first-order valence-electron chi connectivity index (χ1n) is 6.96. The molecule has 0 bridgehead atoms. The van der Waals surface area contributed by atoms with E-state index < -0.39 is 11.4 Å². The summed E-state index contributed by atoms with van der Waals surface area (Å²) in [6, 6.07) is 0. The maximum atomic E-state index is 12.1. The Kier molecular flexibility index (Phi) is 5.17. The number of hydrogen-bond donors (Lipinski definition) is 1. The van der Waals surface area contributed by atoms with Crippen molar-refractivity contribution in [3.8, 4) is 0 Å². The van der Waals surface area contributed by atoms with Gasteiger partial charge in [0.15, 0.2) is 0 Å². The molecule has 2 unspecified atom stereocenters. The molecule has 1 amide bonds. The Morgan fingerprint density at radius 3 is 2.56 bits per heavy atom. The first-order chi connectivity index (χ1) is 8.45. The Morgan fingerprint density at radius 2 is 2.06 bits per heavy atom. The number of nitrogens with zero attached hydrogens (tertiary/aromatic N) is 1. The molecule has 1 fully saturated rings. The van der Waals surface area contributed by atoms with Crippen LogP contribution in [0.5, 0.6) is 0 Å². The van der Waals surface area contributed by atoms with E-state index in [0.717, 1.165) is 12.8 Å². The molecule has 1 heterocycles. The number of aliphatic carboxylic acids is 1. The number of carboxylic acid groups (broad SMARTS) is 1. The Hall–Kier alpha value is -1.06. The van der Waals surface area contributed by atoms with Gasteiger partial charge in [-0.1, -0.05) is 33.6 Å². The molecule has 2 atom stereocenters. The zero-order valence-electron chi connectivity index (χ0n) is 11.7. The lowest BCUT2D eigenvalue weighted by Crippen LogP contribution is -2.37. The first kappa shape index (κ1) is 15.0. The second-order valence-corrected chi connectivity index (χ2v) is 5.62. The summed E-state index contributed by atoms with van der Waals surface area (Å²) in [5, 5.41) is 9.38. The van der Waals surface area contributed by atoms with Gasteiger partial charge >= 0.3 is 5.97 Å². The van der Waals surface area contributed by atoms with Crippen molar-refractivity contribution in [1.29, 1.82) is 0 Å². The molecule has 1 saturated heterocycles. The number of rotatable bonds is 6.